The van der Waals surface area contributed by atoms with Gasteiger partial charge in [-0.15, -0.1) is 0 Å². The maximum atomic E-state index is 13.4. The maximum Gasteiger partial charge on any atom is 0.318 e. The Labute approximate surface area is 132 Å². The molecule has 0 atom stereocenters. The first-order chi connectivity index (χ1) is 10.9. The summed E-state index contributed by atoms with van der Waals surface area (Å²) in [7, 11) is 1.65. The minimum absolute atomic E-state index is 0.304. The van der Waals surface area contributed by atoms with E-state index in [9.17, 15) is 13.6 Å². The number of aryl methyl sites for hydroxylation is 1. The van der Waals surface area contributed by atoms with Crippen LogP contribution in [-0.4, -0.2) is 27.9 Å². The highest BCUT2D eigenvalue weighted by molar-refractivity contribution is 5.75. The van der Waals surface area contributed by atoms with E-state index in [0.29, 0.717) is 30.8 Å². The first-order valence-corrected chi connectivity index (χ1v) is 7.38. The lowest BCUT2D eigenvalue weighted by molar-refractivity contribution is 0.200. The number of aromatic amines is 1. The Kier molecular flexibility index (Phi) is 3.79. The number of imidazole rings is 1. The van der Waals surface area contributed by atoms with Crippen LogP contribution in [0.3, 0.4) is 0 Å². The van der Waals surface area contributed by atoms with E-state index < -0.39 is 17.2 Å². The van der Waals surface area contributed by atoms with E-state index in [4.69, 9.17) is 0 Å². The van der Waals surface area contributed by atoms with Gasteiger partial charge >= 0.3 is 6.03 Å². The van der Waals surface area contributed by atoms with E-state index >= 15 is 0 Å². The quantitative estimate of drug-likeness (QED) is 0.910. The number of carbonyl (C=O) groups excluding carboxylic acids is 1. The van der Waals surface area contributed by atoms with Crippen molar-refractivity contribution in [1.29, 1.82) is 0 Å². The van der Waals surface area contributed by atoms with Gasteiger partial charge in [0.2, 0.25) is 0 Å². The fourth-order valence-corrected chi connectivity index (χ4v) is 2.58. The average molecular weight is 320 g/mol. The van der Waals surface area contributed by atoms with Gasteiger partial charge in [-0.05, 0) is 37.5 Å². The van der Waals surface area contributed by atoms with Crippen LogP contribution in [0.25, 0.3) is 0 Å². The summed E-state index contributed by atoms with van der Waals surface area (Å²) in [6, 6.07) is 3.06. The molecule has 0 saturated heterocycles. The van der Waals surface area contributed by atoms with Gasteiger partial charge in [0.25, 0.3) is 0 Å². The summed E-state index contributed by atoms with van der Waals surface area (Å²) < 4.78 is 26.8. The van der Waals surface area contributed by atoms with Gasteiger partial charge in [0.05, 0.1) is 12.1 Å². The third-order valence-corrected chi connectivity index (χ3v) is 4.00. The van der Waals surface area contributed by atoms with Crippen LogP contribution in [0.1, 0.15) is 29.9 Å². The topological polar surface area (TPSA) is 61.0 Å². The zero-order valence-electron chi connectivity index (χ0n) is 13.0. The highest BCUT2D eigenvalue weighted by Crippen LogP contribution is 2.46. The molecule has 1 aliphatic rings. The summed E-state index contributed by atoms with van der Waals surface area (Å²) in [5, 5.41) is 2.88. The molecule has 1 aromatic carbocycles. The van der Waals surface area contributed by atoms with Crippen molar-refractivity contribution in [3.05, 3.63) is 53.1 Å². The normalized spacial score (nSPS) is 15.3. The molecule has 1 heterocycles. The zero-order chi connectivity index (χ0) is 16.6. The molecule has 3 rings (SSSR count). The number of aromatic nitrogens is 2. The number of nitrogens with zero attached hydrogens (tertiary/aromatic N) is 2. The molecule has 2 N–H and O–H groups in total. The lowest BCUT2D eigenvalue weighted by Gasteiger charge is -2.23. The van der Waals surface area contributed by atoms with Crippen LogP contribution < -0.4 is 5.32 Å². The van der Waals surface area contributed by atoms with Crippen molar-refractivity contribution in [2.45, 2.75) is 31.8 Å². The summed E-state index contributed by atoms with van der Waals surface area (Å²) >= 11 is 0. The molecule has 5 nitrogen and oxygen atoms in total. The summed E-state index contributed by atoms with van der Waals surface area (Å²) in [4.78, 5) is 21.0. The first-order valence-electron chi connectivity index (χ1n) is 7.38. The second-order valence-corrected chi connectivity index (χ2v) is 6.04. The number of hydrogen-bond acceptors (Lipinski definition) is 2. The van der Waals surface area contributed by atoms with Gasteiger partial charge in [0.15, 0.2) is 0 Å². The third-order valence-electron chi connectivity index (χ3n) is 4.00. The maximum absolute atomic E-state index is 13.4. The number of H-pyrrole nitrogens is 1. The van der Waals surface area contributed by atoms with Gasteiger partial charge in [-0.3, -0.25) is 0 Å². The SMILES string of the molecule is Cc1cnc(CN(C)C(=O)NC2(c3cc(F)cc(F)c3)CC2)[nH]1. The predicted octanol–water partition coefficient (Wildman–Crippen LogP) is 2.83. The minimum atomic E-state index is -0.673. The number of urea groups is 1. The first kappa shape index (κ1) is 15.5. The molecule has 1 aliphatic carbocycles. The number of carbonyl (C=O) groups is 1. The Bertz CT molecular complexity index is 719. The van der Waals surface area contributed by atoms with Crippen LogP contribution >= 0.6 is 0 Å². The monoisotopic (exact) mass is 320 g/mol. The molecule has 0 aliphatic heterocycles. The minimum Gasteiger partial charge on any atom is -0.345 e. The van der Waals surface area contributed by atoms with Gasteiger partial charge in [-0.2, -0.15) is 0 Å². The molecule has 0 radical (unpaired) electrons. The average Bonchev–Trinajstić information content (AvgIpc) is 3.14. The number of halogens is 2. The number of benzene rings is 1. The van der Waals surface area contributed by atoms with E-state index in [1.807, 2.05) is 6.92 Å². The van der Waals surface area contributed by atoms with Crippen LogP contribution in [0.5, 0.6) is 0 Å². The predicted molar refractivity (Wildman–Crippen MR) is 80.6 cm³/mol. The van der Waals surface area contributed by atoms with Gasteiger partial charge in [0, 0.05) is 25.0 Å². The highest BCUT2D eigenvalue weighted by atomic mass is 19.1. The molecule has 2 aromatic rings. The lowest BCUT2D eigenvalue weighted by Crippen LogP contribution is -2.43. The molecular weight excluding hydrogens is 302 g/mol. The molecule has 122 valence electrons. The summed E-state index contributed by atoms with van der Waals surface area (Å²) in [6.07, 6.45) is 3.02. The molecule has 1 fully saturated rings. The molecule has 1 saturated carbocycles. The molecule has 0 unspecified atom stereocenters. The number of nitrogens with one attached hydrogen (secondary N) is 2. The van der Waals surface area contributed by atoms with Crippen molar-refractivity contribution in [1.82, 2.24) is 20.2 Å². The molecule has 2 amide bonds. The molecule has 7 heteroatoms. The smallest absolute Gasteiger partial charge is 0.318 e. The molecule has 0 spiro atoms. The van der Waals surface area contributed by atoms with Crippen molar-refractivity contribution in [3.8, 4) is 0 Å². The van der Waals surface area contributed by atoms with Crippen LogP contribution in [0, 0.1) is 18.6 Å². The number of hydrogen-bond donors (Lipinski definition) is 2. The third kappa shape index (κ3) is 3.33. The summed E-state index contributed by atoms with van der Waals surface area (Å²) in [6.45, 7) is 2.21. The largest absolute Gasteiger partial charge is 0.345 e. The second kappa shape index (κ2) is 5.64. The number of rotatable bonds is 4. The van der Waals surface area contributed by atoms with Crippen molar-refractivity contribution in [2.24, 2.45) is 0 Å². The van der Waals surface area contributed by atoms with Gasteiger partial charge < -0.3 is 15.2 Å². The van der Waals surface area contributed by atoms with Crippen LogP contribution in [0.15, 0.2) is 24.4 Å². The number of amides is 2. The Balaban J connectivity index is 1.69. The van der Waals surface area contributed by atoms with Crippen molar-refractivity contribution in [3.63, 3.8) is 0 Å². The Morgan fingerprint density at radius 3 is 2.52 bits per heavy atom. The van der Waals surface area contributed by atoms with Crippen molar-refractivity contribution < 1.29 is 13.6 Å². The standard InChI is InChI=1S/C16H18F2N4O/c1-10-8-19-14(20-10)9-22(2)15(23)21-16(3-4-16)11-5-12(17)7-13(18)6-11/h5-8H,3-4,9H2,1-2H3,(H,19,20)(H,21,23). The van der Waals surface area contributed by atoms with Gasteiger partial charge in [0.1, 0.15) is 17.5 Å². The fourth-order valence-electron chi connectivity index (χ4n) is 2.58. The van der Waals surface area contributed by atoms with Crippen molar-refractivity contribution in [2.75, 3.05) is 7.05 Å². The summed E-state index contributed by atoms with van der Waals surface area (Å²) in [5.41, 5.74) is 0.709. The molecular formula is C16H18F2N4O. The Hall–Kier alpha value is -2.44. The molecule has 1 aromatic heterocycles. The van der Waals surface area contributed by atoms with Crippen molar-refractivity contribution >= 4 is 6.03 Å². The fraction of sp³-hybridized carbons (Fsp3) is 0.375. The van der Waals surface area contributed by atoms with Gasteiger partial charge in [-0.1, -0.05) is 0 Å². The zero-order valence-corrected chi connectivity index (χ0v) is 13.0. The van der Waals surface area contributed by atoms with E-state index in [1.54, 1.807) is 13.2 Å². The van der Waals surface area contributed by atoms with E-state index in [2.05, 4.69) is 15.3 Å². The van der Waals surface area contributed by atoms with Crippen LogP contribution in [-0.2, 0) is 12.1 Å². The summed E-state index contributed by atoms with van der Waals surface area (Å²) in [5.74, 6) is -0.596. The van der Waals surface area contributed by atoms with Crippen LogP contribution in [0.2, 0.25) is 0 Å². The van der Waals surface area contributed by atoms with E-state index in [-0.39, 0.29) is 6.03 Å². The van der Waals surface area contributed by atoms with E-state index in [0.717, 1.165) is 11.8 Å². The molecule has 23 heavy (non-hydrogen) atoms. The highest BCUT2D eigenvalue weighted by Gasteiger charge is 2.46. The molecule has 0 bridgehead atoms. The Morgan fingerprint density at radius 1 is 1.35 bits per heavy atom. The van der Waals surface area contributed by atoms with Gasteiger partial charge in [-0.25, -0.2) is 18.6 Å². The lowest BCUT2D eigenvalue weighted by atomic mass is 10.0. The van der Waals surface area contributed by atoms with E-state index in [1.165, 1.54) is 17.0 Å². The van der Waals surface area contributed by atoms with Crippen LogP contribution in [0.4, 0.5) is 13.6 Å². The second-order valence-electron chi connectivity index (χ2n) is 6.04. The Morgan fingerprint density at radius 2 is 2.00 bits per heavy atom.